The third-order valence-electron chi connectivity index (χ3n) is 3.49. The smallest absolute Gasteiger partial charge is 0.118 e. The largest absolute Gasteiger partial charge is 0.463 e. The molecule has 0 amide bonds. The first-order valence-electron chi connectivity index (χ1n) is 7.35. The van der Waals surface area contributed by atoms with E-state index in [0.29, 0.717) is 0 Å². The zero-order valence-electron chi connectivity index (χ0n) is 11.7. The summed E-state index contributed by atoms with van der Waals surface area (Å²) in [4.78, 5) is 2.58. The molecular weight excluding hydrogens is 224 g/mol. The average Bonchev–Trinajstić information content (AvgIpc) is 3.13. The van der Waals surface area contributed by atoms with Crippen LogP contribution in [-0.2, 0) is 13.1 Å². The molecule has 1 aliphatic rings. The van der Waals surface area contributed by atoms with Gasteiger partial charge in [-0.15, -0.1) is 0 Å². The second-order valence-electron chi connectivity index (χ2n) is 5.20. The molecule has 1 aromatic rings. The molecule has 1 heterocycles. The van der Waals surface area contributed by atoms with E-state index in [1.807, 2.05) is 0 Å². The summed E-state index contributed by atoms with van der Waals surface area (Å²) in [6.45, 7) is 8.40. The Morgan fingerprint density at radius 3 is 2.72 bits per heavy atom. The van der Waals surface area contributed by atoms with E-state index in [1.54, 1.807) is 0 Å². The van der Waals surface area contributed by atoms with Crippen molar-refractivity contribution < 1.29 is 4.42 Å². The van der Waals surface area contributed by atoms with Gasteiger partial charge in [-0.3, -0.25) is 4.90 Å². The molecule has 1 saturated carbocycles. The molecule has 0 spiro atoms. The molecule has 0 aliphatic heterocycles. The third kappa shape index (κ3) is 4.14. The number of nitrogens with one attached hydrogen (secondary N) is 1. The van der Waals surface area contributed by atoms with Crippen molar-refractivity contribution in [2.24, 2.45) is 0 Å². The summed E-state index contributed by atoms with van der Waals surface area (Å²) >= 11 is 0. The number of hydrogen-bond donors (Lipinski definition) is 1. The lowest BCUT2D eigenvalue weighted by Crippen LogP contribution is -2.26. The first kappa shape index (κ1) is 13.6. The van der Waals surface area contributed by atoms with Crippen LogP contribution in [0.15, 0.2) is 16.5 Å². The molecule has 0 saturated heterocycles. The predicted molar refractivity (Wildman–Crippen MR) is 74.4 cm³/mol. The molecule has 18 heavy (non-hydrogen) atoms. The Kier molecular flexibility index (Phi) is 5.26. The minimum absolute atomic E-state index is 0.818. The Labute approximate surface area is 111 Å². The van der Waals surface area contributed by atoms with Crippen molar-refractivity contribution in [3.05, 3.63) is 23.7 Å². The first-order valence-corrected chi connectivity index (χ1v) is 7.35. The Bertz CT molecular complexity index is 344. The number of unbranched alkanes of at least 4 members (excludes halogenated alkanes) is 1. The molecule has 0 bridgehead atoms. The average molecular weight is 250 g/mol. The molecule has 1 N–H and O–H groups in total. The lowest BCUT2D eigenvalue weighted by Gasteiger charge is -2.20. The SMILES string of the molecule is CCCCN(Cc1ccc(CNCC)o1)C1CC1. The van der Waals surface area contributed by atoms with Crippen LogP contribution in [0.1, 0.15) is 51.1 Å². The van der Waals surface area contributed by atoms with E-state index in [2.05, 4.69) is 36.2 Å². The summed E-state index contributed by atoms with van der Waals surface area (Å²) in [7, 11) is 0. The highest BCUT2D eigenvalue weighted by molar-refractivity contribution is 5.07. The van der Waals surface area contributed by atoms with Crippen LogP contribution in [0.5, 0.6) is 0 Å². The van der Waals surface area contributed by atoms with Gasteiger partial charge in [-0.1, -0.05) is 20.3 Å². The van der Waals surface area contributed by atoms with Crippen LogP contribution in [-0.4, -0.2) is 24.0 Å². The van der Waals surface area contributed by atoms with E-state index in [-0.39, 0.29) is 0 Å². The van der Waals surface area contributed by atoms with E-state index in [9.17, 15) is 0 Å². The minimum atomic E-state index is 0.818. The van der Waals surface area contributed by atoms with E-state index in [4.69, 9.17) is 4.42 Å². The number of hydrogen-bond acceptors (Lipinski definition) is 3. The Morgan fingerprint density at radius 1 is 1.28 bits per heavy atom. The zero-order chi connectivity index (χ0) is 12.8. The third-order valence-corrected chi connectivity index (χ3v) is 3.49. The van der Waals surface area contributed by atoms with Gasteiger partial charge in [0.25, 0.3) is 0 Å². The molecule has 2 rings (SSSR count). The quantitative estimate of drug-likeness (QED) is 0.730. The van der Waals surface area contributed by atoms with Crippen molar-refractivity contribution in [2.45, 2.75) is 58.7 Å². The lowest BCUT2D eigenvalue weighted by atomic mass is 10.3. The van der Waals surface area contributed by atoms with Crippen LogP contribution in [0.3, 0.4) is 0 Å². The van der Waals surface area contributed by atoms with Crippen molar-refractivity contribution in [1.82, 2.24) is 10.2 Å². The minimum Gasteiger partial charge on any atom is -0.463 e. The van der Waals surface area contributed by atoms with Gasteiger partial charge < -0.3 is 9.73 Å². The van der Waals surface area contributed by atoms with Gasteiger partial charge in [-0.2, -0.15) is 0 Å². The number of nitrogens with zero attached hydrogens (tertiary/aromatic N) is 1. The second kappa shape index (κ2) is 6.95. The Morgan fingerprint density at radius 2 is 2.06 bits per heavy atom. The normalized spacial score (nSPS) is 15.5. The summed E-state index contributed by atoms with van der Waals surface area (Å²) in [6.07, 6.45) is 5.30. The number of furan rings is 1. The van der Waals surface area contributed by atoms with E-state index < -0.39 is 0 Å². The van der Waals surface area contributed by atoms with Crippen LogP contribution in [0.2, 0.25) is 0 Å². The van der Waals surface area contributed by atoms with E-state index in [1.165, 1.54) is 32.2 Å². The number of rotatable bonds is 9. The Hall–Kier alpha value is -0.800. The van der Waals surface area contributed by atoms with Gasteiger partial charge in [0.1, 0.15) is 11.5 Å². The summed E-state index contributed by atoms with van der Waals surface area (Å²) < 4.78 is 5.87. The first-order chi connectivity index (χ1) is 8.83. The predicted octanol–water partition coefficient (Wildman–Crippen LogP) is 3.15. The molecular formula is C15H26N2O. The molecule has 0 atom stereocenters. The van der Waals surface area contributed by atoms with Crippen molar-refractivity contribution in [3.63, 3.8) is 0 Å². The monoisotopic (exact) mass is 250 g/mol. The lowest BCUT2D eigenvalue weighted by molar-refractivity contribution is 0.228. The van der Waals surface area contributed by atoms with E-state index >= 15 is 0 Å². The maximum atomic E-state index is 5.87. The van der Waals surface area contributed by atoms with Crippen molar-refractivity contribution in [1.29, 1.82) is 0 Å². The highest BCUT2D eigenvalue weighted by atomic mass is 16.3. The molecule has 0 radical (unpaired) electrons. The fourth-order valence-electron chi connectivity index (χ4n) is 2.24. The van der Waals surface area contributed by atoms with E-state index in [0.717, 1.165) is 37.2 Å². The fourth-order valence-corrected chi connectivity index (χ4v) is 2.24. The molecule has 102 valence electrons. The van der Waals surface area contributed by atoms with Crippen molar-refractivity contribution in [3.8, 4) is 0 Å². The van der Waals surface area contributed by atoms with Gasteiger partial charge in [0, 0.05) is 6.04 Å². The standard InChI is InChI=1S/C15H26N2O/c1-3-5-10-17(13-6-7-13)12-15-9-8-14(18-15)11-16-4-2/h8-9,13,16H,3-7,10-12H2,1-2H3. The van der Waals surface area contributed by atoms with Crippen LogP contribution >= 0.6 is 0 Å². The molecule has 3 nitrogen and oxygen atoms in total. The van der Waals surface area contributed by atoms with Gasteiger partial charge in [-0.05, 0) is 44.5 Å². The topological polar surface area (TPSA) is 28.4 Å². The van der Waals surface area contributed by atoms with Gasteiger partial charge in [-0.25, -0.2) is 0 Å². The maximum absolute atomic E-state index is 5.87. The van der Waals surface area contributed by atoms with Crippen molar-refractivity contribution in [2.75, 3.05) is 13.1 Å². The molecule has 3 heteroatoms. The van der Waals surface area contributed by atoms with Crippen LogP contribution in [0, 0.1) is 0 Å². The second-order valence-corrected chi connectivity index (χ2v) is 5.20. The fraction of sp³-hybridized carbons (Fsp3) is 0.733. The van der Waals surface area contributed by atoms with Crippen LogP contribution in [0.4, 0.5) is 0 Å². The summed E-state index contributed by atoms with van der Waals surface area (Å²) in [5.41, 5.74) is 0. The van der Waals surface area contributed by atoms with Crippen molar-refractivity contribution >= 4 is 0 Å². The Balaban J connectivity index is 1.83. The molecule has 1 fully saturated rings. The van der Waals surface area contributed by atoms with Gasteiger partial charge in [0.2, 0.25) is 0 Å². The van der Waals surface area contributed by atoms with Gasteiger partial charge in [0.05, 0.1) is 13.1 Å². The van der Waals surface area contributed by atoms with Crippen LogP contribution in [0.25, 0.3) is 0 Å². The van der Waals surface area contributed by atoms with Gasteiger partial charge >= 0.3 is 0 Å². The molecule has 0 unspecified atom stereocenters. The van der Waals surface area contributed by atoms with Gasteiger partial charge in [0.15, 0.2) is 0 Å². The maximum Gasteiger partial charge on any atom is 0.118 e. The highest BCUT2D eigenvalue weighted by Gasteiger charge is 2.28. The molecule has 1 aromatic heterocycles. The molecule has 0 aromatic carbocycles. The summed E-state index contributed by atoms with van der Waals surface area (Å²) in [5.74, 6) is 2.17. The highest BCUT2D eigenvalue weighted by Crippen LogP contribution is 2.28. The van der Waals surface area contributed by atoms with Crippen LogP contribution < -0.4 is 5.32 Å². The summed E-state index contributed by atoms with van der Waals surface area (Å²) in [5, 5.41) is 3.29. The molecule has 1 aliphatic carbocycles. The summed E-state index contributed by atoms with van der Waals surface area (Å²) in [6, 6.07) is 5.05. The zero-order valence-corrected chi connectivity index (χ0v) is 11.7.